The number of carbonyl (C=O) groups is 1. The lowest BCUT2D eigenvalue weighted by molar-refractivity contribution is 0.102. The number of nitrogens with one attached hydrogen (secondary N) is 2. The third-order valence-corrected chi connectivity index (χ3v) is 3.50. The standard InChI is InChI=1S/C13H10N4O2S/c1-7-16-17-13(20-7)15-12(19)9-6-11(18)14-10-5-3-2-4-8(9)10/h2-6H,1H3,(H,14,18)(H,15,17,19). The molecule has 3 aromatic rings. The van der Waals surface area contributed by atoms with Gasteiger partial charge in [-0.3, -0.25) is 14.9 Å². The first-order valence-electron chi connectivity index (χ1n) is 5.87. The van der Waals surface area contributed by atoms with Crippen molar-refractivity contribution in [2.45, 2.75) is 6.92 Å². The van der Waals surface area contributed by atoms with E-state index in [4.69, 9.17) is 0 Å². The van der Waals surface area contributed by atoms with Crippen LogP contribution >= 0.6 is 11.3 Å². The largest absolute Gasteiger partial charge is 0.322 e. The van der Waals surface area contributed by atoms with Crippen LogP contribution in [0.25, 0.3) is 10.9 Å². The van der Waals surface area contributed by atoms with Crippen molar-refractivity contribution in [3.05, 3.63) is 51.3 Å². The summed E-state index contributed by atoms with van der Waals surface area (Å²) >= 11 is 1.28. The molecule has 2 heterocycles. The minimum Gasteiger partial charge on any atom is -0.322 e. The smallest absolute Gasteiger partial charge is 0.258 e. The van der Waals surface area contributed by atoms with Crippen molar-refractivity contribution in [1.82, 2.24) is 15.2 Å². The number of hydrogen-bond acceptors (Lipinski definition) is 5. The Morgan fingerprint density at radius 1 is 1.30 bits per heavy atom. The second-order valence-corrected chi connectivity index (χ2v) is 5.35. The van der Waals surface area contributed by atoms with E-state index in [0.29, 0.717) is 21.6 Å². The number of para-hydroxylation sites is 1. The highest BCUT2D eigenvalue weighted by atomic mass is 32.1. The van der Waals surface area contributed by atoms with Gasteiger partial charge in [0.1, 0.15) is 5.01 Å². The molecule has 1 aromatic carbocycles. The molecule has 0 saturated carbocycles. The highest BCUT2D eigenvalue weighted by Gasteiger charge is 2.13. The van der Waals surface area contributed by atoms with Crippen LogP contribution in [0.5, 0.6) is 0 Å². The Kier molecular flexibility index (Phi) is 3.03. The molecule has 2 N–H and O–H groups in total. The Hall–Kier alpha value is -2.54. The van der Waals surface area contributed by atoms with Gasteiger partial charge in [0.05, 0.1) is 5.56 Å². The van der Waals surface area contributed by atoms with Gasteiger partial charge in [0.25, 0.3) is 5.91 Å². The first kappa shape index (κ1) is 12.5. The van der Waals surface area contributed by atoms with Crippen LogP contribution in [0.1, 0.15) is 15.4 Å². The summed E-state index contributed by atoms with van der Waals surface area (Å²) in [5.74, 6) is -0.372. The molecule has 3 rings (SSSR count). The van der Waals surface area contributed by atoms with E-state index in [1.54, 1.807) is 25.1 Å². The first-order chi connectivity index (χ1) is 9.63. The Balaban J connectivity index is 2.05. The van der Waals surface area contributed by atoms with Crippen LogP contribution in [-0.2, 0) is 0 Å². The Morgan fingerprint density at radius 3 is 2.85 bits per heavy atom. The molecular weight excluding hydrogens is 276 g/mol. The first-order valence-corrected chi connectivity index (χ1v) is 6.68. The van der Waals surface area contributed by atoms with Gasteiger partial charge >= 0.3 is 0 Å². The molecule has 0 atom stereocenters. The van der Waals surface area contributed by atoms with Crippen LogP contribution in [0.4, 0.5) is 5.13 Å². The van der Waals surface area contributed by atoms with Gasteiger partial charge in [-0.15, -0.1) is 10.2 Å². The zero-order valence-electron chi connectivity index (χ0n) is 10.5. The number of aromatic nitrogens is 3. The van der Waals surface area contributed by atoms with Gasteiger partial charge in [-0.25, -0.2) is 0 Å². The summed E-state index contributed by atoms with van der Waals surface area (Å²) in [5.41, 5.74) is 0.623. The predicted octanol–water partition coefficient (Wildman–Crippen LogP) is 1.94. The van der Waals surface area contributed by atoms with Crippen molar-refractivity contribution < 1.29 is 4.79 Å². The summed E-state index contributed by atoms with van der Waals surface area (Å²) in [5, 5.41) is 12.2. The molecule has 6 nitrogen and oxygen atoms in total. The zero-order chi connectivity index (χ0) is 14.1. The van der Waals surface area contributed by atoms with Crippen molar-refractivity contribution in [2.75, 3.05) is 5.32 Å². The minimum atomic E-state index is -0.372. The van der Waals surface area contributed by atoms with Crippen LogP contribution in [0, 0.1) is 6.92 Å². The van der Waals surface area contributed by atoms with Crippen LogP contribution in [0.3, 0.4) is 0 Å². The molecule has 20 heavy (non-hydrogen) atoms. The van der Waals surface area contributed by atoms with Gasteiger partial charge in [-0.2, -0.15) is 0 Å². The molecule has 0 aliphatic heterocycles. The maximum Gasteiger partial charge on any atom is 0.258 e. The molecule has 100 valence electrons. The number of rotatable bonds is 2. The van der Waals surface area contributed by atoms with E-state index in [1.807, 2.05) is 6.07 Å². The second kappa shape index (κ2) is 4.86. The number of carbonyl (C=O) groups excluding carboxylic acids is 1. The van der Waals surface area contributed by atoms with Gasteiger partial charge in [-0.1, -0.05) is 29.5 Å². The van der Waals surface area contributed by atoms with Crippen molar-refractivity contribution >= 4 is 33.3 Å². The Bertz CT molecular complexity index is 853. The molecule has 0 unspecified atom stereocenters. The molecule has 1 amide bonds. The number of pyridine rings is 1. The Labute approximate surface area is 117 Å². The maximum atomic E-state index is 12.3. The average Bonchev–Trinajstić information content (AvgIpc) is 2.83. The SMILES string of the molecule is Cc1nnc(NC(=O)c2cc(=O)[nH]c3ccccc23)s1. The molecule has 7 heteroatoms. The van der Waals surface area contributed by atoms with Crippen LogP contribution < -0.4 is 10.9 Å². The fourth-order valence-corrected chi connectivity index (χ4v) is 2.49. The summed E-state index contributed by atoms with van der Waals surface area (Å²) in [4.78, 5) is 26.6. The van der Waals surface area contributed by atoms with Gasteiger partial charge in [0.2, 0.25) is 10.7 Å². The van der Waals surface area contributed by atoms with E-state index in [1.165, 1.54) is 17.4 Å². The summed E-state index contributed by atoms with van der Waals surface area (Å²) in [6, 6.07) is 8.43. The van der Waals surface area contributed by atoms with Crippen LogP contribution in [-0.4, -0.2) is 21.1 Å². The molecule has 0 saturated heterocycles. The minimum absolute atomic E-state index is 0.317. The second-order valence-electron chi connectivity index (χ2n) is 4.17. The normalized spacial score (nSPS) is 10.7. The van der Waals surface area contributed by atoms with Crippen molar-refractivity contribution in [1.29, 1.82) is 0 Å². The number of aromatic amines is 1. The quantitative estimate of drug-likeness (QED) is 0.753. The monoisotopic (exact) mass is 286 g/mol. The van der Waals surface area contributed by atoms with E-state index in [9.17, 15) is 9.59 Å². The number of benzene rings is 1. The number of nitrogens with zero attached hydrogens (tertiary/aromatic N) is 2. The van der Waals surface area contributed by atoms with Crippen molar-refractivity contribution in [2.24, 2.45) is 0 Å². The summed E-state index contributed by atoms with van der Waals surface area (Å²) in [7, 11) is 0. The lowest BCUT2D eigenvalue weighted by Crippen LogP contribution is -2.16. The molecule has 0 aliphatic carbocycles. The summed E-state index contributed by atoms with van der Waals surface area (Å²) < 4.78 is 0. The van der Waals surface area contributed by atoms with Gasteiger partial charge in [0, 0.05) is 17.0 Å². The number of aryl methyl sites for hydroxylation is 1. The number of fused-ring (bicyclic) bond motifs is 1. The van der Waals surface area contributed by atoms with E-state index >= 15 is 0 Å². The third-order valence-electron chi connectivity index (χ3n) is 2.74. The number of anilines is 1. The molecule has 0 radical (unpaired) electrons. The van der Waals surface area contributed by atoms with Gasteiger partial charge in [0.15, 0.2) is 0 Å². The fourth-order valence-electron chi connectivity index (χ4n) is 1.90. The molecule has 0 spiro atoms. The molecular formula is C13H10N4O2S. The highest BCUT2D eigenvalue weighted by Crippen LogP contribution is 2.18. The fraction of sp³-hybridized carbons (Fsp3) is 0.0769. The third kappa shape index (κ3) is 2.30. The van der Waals surface area contributed by atoms with E-state index in [0.717, 1.165) is 5.01 Å². The van der Waals surface area contributed by atoms with E-state index in [-0.39, 0.29) is 11.5 Å². The lowest BCUT2D eigenvalue weighted by atomic mass is 10.1. The van der Waals surface area contributed by atoms with Gasteiger partial charge < -0.3 is 4.98 Å². The zero-order valence-corrected chi connectivity index (χ0v) is 11.3. The lowest BCUT2D eigenvalue weighted by Gasteiger charge is -2.05. The van der Waals surface area contributed by atoms with E-state index in [2.05, 4.69) is 20.5 Å². The molecule has 0 aliphatic rings. The maximum absolute atomic E-state index is 12.3. The van der Waals surface area contributed by atoms with Gasteiger partial charge in [-0.05, 0) is 13.0 Å². The number of H-pyrrole nitrogens is 1. The average molecular weight is 286 g/mol. The van der Waals surface area contributed by atoms with E-state index < -0.39 is 0 Å². The molecule has 0 bridgehead atoms. The number of hydrogen-bond donors (Lipinski definition) is 2. The molecule has 2 aromatic heterocycles. The topological polar surface area (TPSA) is 87.7 Å². The van der Waals surface area contributed by atoms with Crippen molar-refractivity contribution in [3.8, 4) is 0 Å². The highest BCUT2D eigenvalue weighted by molar-refractivity contribution is 7.15. The van der Waals surface area contributed by atoms with Crippen LogP contribution in [0.2, 0.25) is 0 Å². The van der Waals surface area contributed by atoms with Crippen molar-refractivity contribution in [3.63, 3.8) is 0 Å². The predicted molar refractivity (Wildman–Crippen MR) is 77.2 cm³/mol. The molecule has 0 fully saturated rings. The van der Waals surface area contributed by atoms with Crippen LogP contribution in [0.15, 0.2) is 35.1 Å². The summed E-state index contributed by atoms with van der Waals surface area (Å²) in [6.07, 6.45) is 0. The summed E-state index contributed by atoms with van der Waals surface area (Å²) in [6.45, 7) is 1.80. The Morgan fingerprint density at radius 2 is 2.10 bits per heavy atom. The number of amides is 1.